The Kier molecular flexibility index (Phi) is 5.31. The molecule has 0 spiro atoms. The topological polar surface area (TPSA) is 66.7 Å². The van der Waals surface area contributed by atoms with Crippen LogP contribution in [-0.4, -0.2) is 59.2 Å². The highest BCUT2D eigenvalue weighted by Gasteiger charge is 2.41. The first kappa shape index (κ1) is 18.9. The van der Waals surface area contributed by atoms with Crippen molar-refractivity contribution in [3.63, 3.8) is 0 Å². The van der Waals surface area contributed by atoms with E-state index in [1.165, 1.54) is 25.2 Å². The lowest BCUT2D eigenvalue weighted by molar-refractivity contribution is -0.128. The molecule has 4 rings (SSSR count). The van der Waals surface area contributed by atoms with Crippen molar-refractivity contribution >= 4 is 11.7 Å². The van der Waals surface area contributed by atoms with Crippen LogP contribution in [0.15, 0.2) is 41.1 Å². The fraction of sp³-hybridized carbons (Fsp3) is 0.500. The Hall–Kier alpha value is -2.47. The monoisotopic (exact) mass is 381 g/mol. The van der Waals surface area contributed by atoms with Crippen molar-refractivity contribution in [2.45, 2.75) is 38.0 Å². The van der Waals surface area contributed by atoms with Crippen molar-refractivity contribution in [2.75, 3.05) is 32.7 Å². The van der Waals surface area contributed by atoms with Crippen LogP contribution >= 0.6 is 0 Å². The Morgan fingerprint density at radius 2 is 1.86 bits per heavy atom. The van der Waals surface area contributed by atoms with E-state index in [1.54, 1.807) is 11.0 Å². The van der Waals surface area contributed by atoms with E-state index in [2.05, 4.69) is 17.0 Å². The van der Waals surface area contributed by atoms with Crippen LogP contribution in [0.2, 0.25) is 0 Å². The number of hydrogen-bond acceptors (Lipinski definition) is 5. The number of carbonyl (C=O) groups is 2. The zero-order chi connectivity index (χ0) is 19.6. The van der Waals surface area contributed by atoms with E-state index < -0.39 is 11.7 Å². The van der Waals surface area contributed by atoms with Gasteiger partial charge in [0, 0.05) is 36.9 Å². The second-order valence-electron chi connectivity index (χ2n) is 8.08. The highest BCUT2D eigenvalue weighted by atomic mass is 16.3. The van der Waals surface area contributed by atoms with E-state index in [4.69, 9.17) is 9.40 Å². The first-order valence-electron chi connectivity index (χ1n) is 10.1. The summed E-state index contributed by atoms with van der Waals surface area (Å²) in [6.07, 6.45) is 7.48. The molecule has 2 fully saturated rings. The summed E-state index contributed by atoms with van der Waals surface area (Å²) in [5.41, 5.74) is 2.19. The van der Waals surface area contributed by atoms with E-state index in [0.717, 1.165) is 43.7 Å². The number of nitrogens with zero attached hydrogens (tertiary/aromatic N) is 3. The highest BCUT2D eigenvalue weighted by molar-refractivity contribution is 6.41. The van der Waals surface area contributed by atoms with E-state index in [9.17, 15) is 9.59 Å². The molecule has 28 heavy (non-hydrogen) atoms. The molecule has 0 saturated carbocycles. The van der Waals surface area contributed by atoms with Crippen LogP contribution in [0.4, 0.5) is 0 Å². The average molecular weight is 381 g/mol. The lowest BCUT2D eigenvalue weighted by Gasteiger charge is -2.43. The van der Waals surface area contributed by atoms with Crippen LogP contribution in [0.3, 0.4) is 0 Å². The molecular weight excluding hydrogens is 354 g/mol. The number of furan rings is 1. The molecule has 0 unspecified atom stereocenters. The first-order chi connectivity index (χ1) is 13.6. The molecule has 0 radical (unpaired) electrons. The number of Topliss-reactive ketones (excluding diaryl/α,β-unsaturated/α-hetero) is 1. The Bertz CT molecular complexity index is 815. The molecule has 0 bridgehead atoms. The van der Waals surface area contributed by atoms with Gasteiger partial charge in [-0.25, -0.2) is 0 Å². The minimum Gasteiger partial charge on any atom is -0.461 e. The van der Waals surface area contributed by atoms with Gasteiger partial charge in [0.05, 0.1) is 6.26 Å². The summed E-state index contributed by atoms with van der Waals surface area (Å²) in [6.45, 7) is 6.41. The van der Waals surface area contributed by atoms with Gasteiger partial charge in [0.15, 0.2) is 5.76 Å². The van der Waals surface area contributed by atoms with Gasteiger partial charge in [-0.3, -0.25) is 14.6 Å². The van der Waals surface area contributed by atoms with Crippen LogP contribution in [0.5, 0.6) is 0 Å². The number of rotatable bonds is 5. The molecule has 4 heterocycles. The van der Waals surface area contributed by atoms with Gasteiger partial charge in [-0.1, -0.05) is 6.07 Å². The quantitative estimate of drug-likeness (QED) is 0.589. The molecule has 0 N–H and O–H groups in total. The minimum atomic E-state index is -0.564. The molecule has 0 aromatic carbocycles. The van der Waals surface area contributed by atoms with Gasteiger partial charge < -0.3 is 14.2 Å². The van der Waals surface area contributed by atoms with Crippen LogP contribution in [0.25, 0.3) is 0 Å². The maximum Gasteiger partial charge on any atom is 0.298 e. The number of pyridine rings is 1. The molecule has 6 heteroatoms. The molecule has 2 aromatic rings. The predicted molar refractivity (Wildman–Crippen MR) is 105 cm³/mol. The van der Waals surface area contributed by atoms with Crippen LogP contribution in [0.1, 0.15) is 47.5 Å². The third kappa shape index (κ3) is 3.74. The number of aryl methyl sites for hydroxylation is 1. The number of likely N-dealkylation sites (tertiary alicyclic amines) is 2. The summed E-state index contributed by atoms with van der Waals surface area (Å²) in [5.74, 6) is -0.925. The van der Waals surface area contributed by atoms with E-state index in [-0.39, 0.29) is 11.2 Å². The van der Waals surface area contributed by atoms with Gasteiger partial charge in [-0.05, 0) is 69.5 Å². The maximum absolute atomic E-state index is 12.6. The Morgan fingerprint density at radius 1 is 1.11 bits per heavy atom. The van der Waals surface area contributed by atoms with Gasteiger partial charge in [0.25, 0.3) is 11.7 Å². The zero-order valence-electron chi connectivity index (χ0n) is 16.4. The molecule has 1 amide bonds. The second kappa shape index (κ2) is 7.87. The summed E-state index contributed by atoms with van der Waals surface area (Å²) in [5, 5.41) is 0. The van der Waals surface area contributed by atoms with Gasteiger partial charge in [0.1, 0.15) is 0 Å². The third-order valence-corrected chi connectivity index (χ3v) is 6.13. The minimum absolute atomic E-state index is 0.0669. The fourth-order valence-electron chi connectivity index (χ4n) is 4.44. The lowest BCUT2D eigenvalue weighted by atomic mass is 9.74. The number of ketones is 1. The number of hydrogen-bond donors (Lipinski definition) is 0. The SMILES string of the molecule is Cc1ccc(C2(CN3CCCC3)CCN(C(=O)C(=O)c3ccco3)CC2)nc1. The van der Waals surface area contributed by atoms with E-state index >= 15 is 0 Å². The molecule has 0 atom stereocenters. The third-order valence-electron chi connectivity index (χ3n) is 6.13. The van der Waals surface area contributed by atoms with Gasteiger partial charge >= 0.3 is 0 Å². The normalized spacial score (nSPS) is 19.7. The molecule has 6 nitrogen and oxygen atoms in total. The maximum atomic E-state index is 12.6. The van der Waals surface area contributed by atoms with Gasteiger partial charge in [0.2, 0.25) is 0 Å². The van der Waals surface area contributed by atoms with Crippen molar-refractivity contribution in [3.05, 3.63) is 53.7 Å². The van der Waals surface area contributed by atoms with Crippen molar-refractivity contribution in [2.24, 2.45) is 0 Å². The Labute approximate surface area is 165 Å². The van der Waals surface area contributed by atoms with Crippen molar-refractivity contribution in [3.8, 4) is 0 Å². The van der Waals surface area contributed by atoms with Crippen molar-refractivity contribution < 1.29 is 14.0 Å². The molecule has 2 aliphatic rings. The smallest absolute Gasteiger partial charge is 0.298 e. The lowest BCUT2D eigenvalue weighted by Crippen LogP contribution is -2.51. The van der Waals surface area contributed by atoms with E-state index in [0.29, 0.717) is 13.1 Å². The summed E-state index contributed by atoms with van der Waals surface area (Å²) >= 11 is 0. The number of carbonyl (C=O) groups excluding carboxylic acids is 2. The fourth-order valence-corrected chi connectivity index (χ4v) is 4.44. The molecule has 2 aliphatic heterocycles. The van der Waals surface area contributed by atoms with E-state index in [1.807, 2.05) is 13.1 Å². The summed E-state index contributed by atoms with van der Waals surface area (Å²) in [6, 6.07) is 7.42. The largest absolute Gasteiger partial charge is 0.461 e. The molecule has 148 valence electrons. The van der Waals surface area contributed by atoms with Crippen molar-refractivity contribution in [1.82, 2.24) is 14.8 Å². The second-order valence-corrected chi connectivity index (χ2v) is 8.08. The van der Waals surface area contributed by atoms with Crippen LogP contribution < -0.4 is 0 Å². The molecular formula is C22H27N3O3. The van der Waals surface area contributed by atoms with Crippen molar-refractivity contribution in [1.29, 1.82) is 0 Å². The van der Waals surface area contributed by atoms with Gasteiger partial charge in [-0.15, -0.1) is 0 Å². The predicted octanol–water partition coefficient (Wildman–Crippen LogP) is 2.82. The van der Waals surface area contributed by atoms with Crippen LogP contribution in [-0.2, 0) is 10.2 Å². The summed E-state index contributed by atoms with van der Waals surface area (Å²) in [7, 11) is 0. The highest BCUT2D eigenvalue weighted by Crippen LogP contribution is 2.36. The zero-order valence-corrected chi connectivity index (χ0v) is 16.4. The molecule has 0 aliphatic carbocycles. The van der Waals surface area contributed by atoms with Gasteiger partial charge in [-0.2, -0.15) is 0 Å². The Balaban J connectivity index is 1.50. The number of amides is 1. The van der Waals surface area contributed by atoms with Crippen LogP contribution in [0, 0.1) is 6.92 Å². The first-order valence-corrected chi connectivity index (χ1v) is 10.1. The number of aromatic nitrogens is 1. The number of piperidine rings is 1. The molecule has 2 saturated heterocycles. The summed E-state index contributed by atoms with van der Waals surface area (Å²) in [4.78, 5) is 33.9. The average Bonchev–Trinajstić information content (AvgIpc) is 3.42. The molecule has 2 aromatic heterocycles. The Morgan fingerprint density at radius 3 is 2.46 bits per heavy atom. The summed E-state index contributed by atoms with van der Waals surface area (Å²) < 4.78 is 5.10. The standard InChI is InChI=1S/C22H27N3O3/c1-17-6-7-19(23-15-17)22(16-24-10-2-3-11-24)8-12-25(13-9-22)21(27)20(26)18-5-4-14-28-18/h4-7,14-15H,2-3,8-13,16H2,1H3.